The van der Waals surface area contributed by atoms with Crippen molar-refractivity contribution in [2.45, 2.75) is 13.3 Å². The standard InChI is InChI=1S/C14H20N2O4/c1-11-4-2-3-5-12(11)16(8-6-14(18)19)13(17)10-20-9-7-15/h2-5H,6-10,15H2,1H3,(H,18,19). The Labute approximate surface area is 118 Å². The highest BCUT2D eigenvalue weighted by Crippen LogP contribution is 2.20. The molecule has 0 unspecified atom stereocenters. The minimum Gasteiger partial charge on any atom is -0.481 e. The normalized spacial score (nSPS) is 10.3. The van der Waals surface area contributed by atoms with Crippen molar-refractivity contribution in [2.75, 3.05) is 31.2 Å². The zero-order valence-electron chi connectivity index (χ0n) is 11.5. The smallest absolute Gasteiger partial charge is 0.305 e. The van der Waals surface area contributed by atoms with Gasteiger partial charge in [0, 0.05) is 18.8 Å². The topological polar surface area (TPSA) is 92.9 Å². The average molecular weight is 280 g/mol. The van der Waals surface area contributed by atoms with E-state index in [0.29, 0.717) is 18.8 Å². The molecule has 1 rings (SSSR count). The van der Waals surface area contributed by atoms with E-state index >= 15 is 0 Å². The van der Waals surface area contributed by atoms with Gasteiger partial charge in [-0.3, -0.25) is 9.59 Å². The quantitative estimate of drug-likeness (QED) is 0.686. The molecule has 110 valence electrons. The van der Waals surface area contributed by atoms with Gasteiger partial charge in [0.25, 0.3) is 5.91 Å². The van der Waals surface area contributed by atoms with Crippen molar-refractivity contribution in [1.29, 1.82) is 0 Å². The SMILES string of the molecule is Cc1ccccc1N(CCC(=O)O)C(=O)COCCN. The number of carboxylic acids is 1. The summed E-state index contributed by atoms with van der Waals surface area (Å²) in [4.78, 5) is 24.3. The zero-order valence-corrected chi connectivity index (χ0v) is 11.5. The van der Waals surface area contributed by atoms with Gasteiger partial charge < -0.3 is 20.5 Å². The molecule has 0 radical (unpaired) electrons. The van der Waals surface area contributed by atoms with Gasteiger partial charge in [-0.05, 0) is 18.6 Å². The molecule has 6 heteroatoms. The van der Waals surface area contributed by atoms with Gasteiger partial charge in [-0.2, -0.15) is 0 Å². The van der Waals surface area contributed by atoms with Crippen molar-refractivity contribution in [3.8, 4) is 0 Å². The molecule has 1 aromatic rings. The van der Waals surface area contributed by atoms with Gasteiger partial charge in [-0.15, -0.1) is 0 Å². The maximum Gasteiger partial charge on any atom is 0.305 e. The van der Waals surface area contributed by atoms with E-state index in [4.69, 9.17) is 15.6 Å². The summed E-state index contributed by atoms with van der Waals surface area (Å²) in [7, 11) is 0. The second-order valence-electron chi connectivity index (χ2n) is 4.32. The highest BCUT2D eigenvalue weighted by atomic mass is 16.5. The lowest BCUT2D eigenvalue weighted by Crippen LogP contribution is -2.36. The Morgan fingerprint density at radius 3 is 2.65 bits per heavy atom. The summed E-state index contributed by atoms with van der Waals surface area (Å²) in [5.74, 6) is -1.21. The maximum absolute atomic E-state index is 12.2. The van der Waals surface area contributed by atoms with Crippen LogP contribution in [0.4, 0.5) is 5.69 Å². The zero-order chi connectivity index (χ0) is 15.0. The lowest BCUT2D eigenvalue weighted by Gasteiger charge is -2.23. The Morgan fingerprint density at radius 1 is 1.35 bits per heavy atom. The maximum atomic E-state index is 12.2. The highest BCUT2D eigenvalue weighted by Gasteiger charge is 2.18. The molecule has 0 aromatic heterocycles. The number of aryl methyl sites for hydroxylation is 1. The fraction of sp³-hybridized carbons (Fsp3) is 0.429. The van der Waals surface area contributed by atoms with E-state index in [2.05, 4.69) is 0 Å². The summed E-state index contributed by atoms with van der Waals surface area (Å²) >= 11 is 0. The summed E-state index contributed by atoms with van der Waals surface area (Å²) in [6, 6.07) is 7.34. The number of hydrogen-bond donors (Lipinski definition) is 2. The predicted molar refractivity (Wildman–Crippen MR) is 75.7 cm³/mol. The van der Waals surface area contributed by atoms with E-state index in [1.165, 1.54) is 4.90 Å². The van der Waals surface area contributed by atoms with Crippen LogP contribution in [0.5, 0.6) is 0 Å². The van der Waals surface area contributed by atoms with Crippen LogP contribution in [0.2, 0.25) is 0 Å². The Balaban J connectivity index is 2.82. The molecule has 20 heavy (non-hydrogen) atoms. The molecule has 0 heterocycles. The molecule has 1 amide bonds. The van der Waals surface area contributed by atoms with Crippen LogP contribution in [0, 0.1) is 6.92 Å². The molecule has 1 aromatic carbocycles. The third kappa shape index (κ3) is 4.99. The van der Waals surface area contributed by atoms with Gasteiger partial charge in [-0.25, -0.2) is 0 Å². The number of rotatable bonds is 8. The third-order valence-electron chi connectivity index (χ3n) is 2.74. The lowest BCUT2D eigenvalue weighted by molar-refractivity contribution is -0.136. The van der Waals surface area contributed by atoms with Crippen LogP contribution in [-0.2, 0) is 14.3 Å². The summed E-state index contributed by atoms with van der Waals surface area (Å²) in [6.45, 7) is 2.52. The van der Waals surface area contributed by atoms with Crippen molar-refractivity contribution in [1.82, 2.24) is 0 Å². The molecule has 0 spiro atoms. The Morgan fingerprint density at radius 2 is 2.05 bits per heavy atom. The number of carbonyl (C=O) groups excluding carboxylic acids is 1. The number of amides is 1. The van der Waals surface area contributed by atoms with Gasteiger partial charge >= 0.3 is 5.97 Å². The summed E-state index contributed by atoms with van der Waals surface area (Å²) in [5.41, 5.74) is 6.91. The first-order valence-corrected chi connectivity index (χ1v) is 6.42. The monoisotopic (exact) mass is 280 g/mol. The van der Waals surface area contributed by atoms with Crippen molar-refractivity contribution < 1.29 is 19.4 Å². The number of carboxylic acid groups (broad SMARTS) is 1. The van der Waals surface area contributed by atoms with Crippen molar-refractivity contribution in [3.63, 3.8) is 0 Å². The molecule has 0 atom stereocenters. The number of nitrogens with two attached hydrogens (primary N) is 1. The summed E-state index contributed by atoms with van der Waals surface area (Å²) in [6.07, 6.45) is -0.114. The number of aliphatic carboxylic acids is 1. The Hall–Kier alpha value is -1.92. The van der Waals surface area contributed by atoms with E-state index in [1.807, 2.05) is 25.1 Å². The second kappa shape index (κ2) is 8.29. The van der Waals surface area contributed by atoms with Crippen LogP contribution in [0.25, 0.3) is 0 Å². The van der Waals surface area contributed by atoms with Crippen LogP contribution in [-0.4, -0.2) is 43.3 Å². The molecule has 0 aliphatic rings. The molecule has 6 nitrogen and oxygen atoms in total. The van der Waals surface area contributed by atoms with Crippen LogP contribution >= 0.6 is 0 Å². The van der Waals surface area contributed by atoms with E-state index in [1.54, 1.807) is 6.07 Å². The number of para-hydroxylation sites is 1. The molecule has 0 aliphatic heterocycles. The Kier molecular flexibility index (Phi) is 6.69. The number of hydrogen-bond acceptors (Lipinski definition) is 4. The lowest BCUT2D eigenvalue weighted by atomic mass is 10.1. The molecule has 0 bridgehead atoms. The third-order valence-corrected chi connectivity index (χ3v) is 2.74. The average Bonchev–Trinajstić information content (AvgIpc) is 2.41. The molecular formula is C14H20N2O4. The Bertz CT molecular complexity index is 462. The number of carbonyl (C=O) groups is 2. The van der Waals surface area contributed by atoms with Gasteiger partial charge in [0.1, 0.15) is 6.61 Å². The van der Waals surface area contributed by atoms with E-state index in [0.717, 1.165) is 5.56 Å². The van der Waals surface area contributed by atoms with Crippen molar-refractivity contribution >= 4 is 17.6 Å². The molecule has 0 aliphatic carbocycles. The van der Waals surface area contributed by atoms with Gasteiger partial charge in [0.05, 0.1) is 13.0 Å². The summed E-state index contributed by atoms with van der Waals surface area (Å²) in [5, 5.41) is 8.79. The number of benzene rings is 1. The van der Waals surface area contributed by atoms with Crippen molar-refractivity contribution in [2.24, 2.45) is 5.73 Å². The van der Waals surface area contributed by atoms with Crippen LogP contribution < -0.4 is 10.6 Å². The van der Waals surface area contributed by atoms with E-state index in [-0.39, 0.29) is 25.5 Å². The number of nitrogens with zero attached hydrogens (tertiary/aromatic N) is 1. The molecular weight excluding hydrogens is 260 g/mol. The first-order chi connectivity index (χ1) is 9.56. The highest BCUT2D eigenvalue weighted by molar-refractivity contribution is 5.95. The number of anilines is 1. The van der Waals surface area contributed by atoms with Crippen LogP contribution in [0.1, 0.15) is 12.0 Å². The minimum atomic E-state index is -0.945. The number of ether oxygens (including phenoxy) is 1. The molecule has 3 N–H and O–H groups in total. The van der Waals surface area contributed by atoms with Gasteiger partial charge in [0.15, 0.2) is 0 Å². The largest absolute Gasteiger partial charge is 0.481 e. The first kappa shape index (κ1) is 16.1. The van der Waals surface area contributed by atoms with Crippen LogP contribution in [0.3, 0.4) is 0 Å². The predicted octanol–water partition coefficient (Wildman–Crippen LogP) is 0.778. The minimum absolute atomic E-state index is 0.106. The second-order valence-corrected chi connectivity index (χ2v) is 4.32. The fourth-order valence-electron chi connectivity index (χ4n) is 1.77. The van der Waals surface area contributed by atoms with Gasteiger partial charge in [-0.1, -0.05) is 18.2 Å². The van der Waals surface area contributed by atoms with Crippen LogP contribution in [0.15, 0.2) is 24.3 Å². The first-order valence-electron chi connectivity index (χ1n) is 6.42. The van der Waals surface area contributed by atoms with E-state index in [9.17, 15) is 9.59 Å². The van der Waals surface area contributed by atoms with Crippen molar-refractivity contribution in [3.05, 3.63) is 29.8 Å². The summed E-state index contributed by atoms with van der Waals surface area (Å²) < 4.78 is 5.13. The van der Waals surface area contributed by atoms with E-state index < -0.39 is 5.97 Å². The van der Waals surface area contributed by atoms with Gasteiger partial charge in [0.2, 0.25) is 0 Å². The molecule has 0 saturated carbocycles. The molecule has 0 fully saturated rings. The fourth-order valence-corrected chi connectivity index (χ4v) is 1.77. The molecule has 0 saturated heterocycles.